The lowest BCUT2D eigenvalue weighted by molar-refractivity contribution is -0.677. The highest BCUT2D eigenvalue weighted by Gasteiger charge is 2.20. The highest BCUT2D eigenvalue weighted by atomic mass is 79.9. The van der Waals surface area contributed by atoms with Gasteiger partial charge in [-0.25, -0.2) is 4.57 Å². The lowest BCUT2D eigenvalue weighted by Crippen LogP contribution is -3.00. The van der Waals surface area contributed by atoms with E-state index in [9.17, 15) is 0 Å². The molecule has 0 spiro atoms. The fraction of sp³-hybridized carbons (Fsp3) is 0.190. The summed E-state index contributed by atoms with van der Waals surface area (Å²) in [5.74, 6) is 0. The summed E-state index contributed by atoms with van der Waals surface area (Å²) in [5.41, 5.74) is 4.37. The lowest BCUT2D eigenvalue weighted by atomic mass is 10.1. The summed E-state index contributed by atoms with van der Waals surface area (Å²) < 4.78 is 5.47. The van der Waals surface area contributed by atoms with E-state index < -0.39 is 0 Å². The largest absolute Gasteiger partial charge is 1.00 e. The van der Waals surface area contributed by atoms with Gasteiger partial charge in [0.05, 0.1) is 22.9 Å². The van der Waals surface area contributed by atoms with E-state index in [1.807, 2.05) is 12.3 Å². The van der Waals surface area contributed by atoms with Crippen LogP contribution in [0.2, 0.25) is 0 Å². The van der Waals surface area contributed by atoms with Crippen LogP contribution in [0.25, 0.3) is 22.2 Å². The predicted molar refractivity (Wildman–Crippen MR) is 115 cm³/mol. The number of para-hydroxylation sites is 1. The van der Waals surface area contributed by atoms with E-state index in [4.69, 9.17) is 5.11 Å². The molecule has 0 aliphatic heterocycles. The summed E-state index contributed by atoms with van der Waals surface area (Å²) in [4.78, 5) is 0. The van der Waals surface area contributed by atoms with E-state index in [0.29, 0.717) is 0 Å². The zero-order chi connectivity index (χ0) is 18.8. The zero-order valence-corrected chi connectivity index (χ0v) is 19.6. The molecule has 7 heteroatoms. The molecular formula is C21H20Br2N4S. The molecule has 0 aliphatic rings. The SMILES string of the molecule is CCn1c(-c2ccccc2)c(/N=N/c2sc(Br)c[n+]2CC)c2ccccc21.[Br-]. The average molecular weight is 520 g/mol. The van der Waals surface area contributed by atoms with Crippen LogP contribution >= 0.6 is 27.3 Å². The standard InChI is InChI=1S/C21H20BrN4S.BrH/c1-3-25-14-18(22)27-21(25)24-23-19-16-12-8-9-13-17(16)26(4-2)20(19)15-10-6-5-7-11-15;/h5-14H,3-4H2,1-2H3;1H/q+1;/p-1. The number of aryl methyl sites for hydroxylation is 2. The van der Waals surface area contributed by atoms with Crippen LogP contribution in [-0.2, 0) is 13.1 Å². The number of aromatic nitrogens is 2. The van der Waals surface area contributed by atoms with Gasteiger partial charge in [-0.1, -0.05) is 48.5 Å². The average Bonchev–Trinajstić information content (AvgIpc) is 3.23. The van der Waals surface area contributed by atoms with Gasteiger partial charge in [0.15, 0.2) is 0 Å². The normalized spacial score (nSPS) is 11.2. The third kappa shape index (κ3) is 3.83. The van der Waals surface area contributed by atoms with Crippen LogP contribution < -0.4 is 21.5 Å². The van der Waals surface area contributed by atoms with Gasteiger partial charge < -0.3 is 21.5 Å². The maximum Gasteiger partial charge on any atom is 0.409 e. The van der Waals surface area contributed by atoms with E-state index in [1.165, 1.54) is 5.52 Å². The third-order valence-corrected chi connectivity index (χ3v) is 6.07. The van der Waals surface area contributed by atoms with Gasteiger partial charge in [0.25, 0.3) is 0 Å². The molecule has 0 radical (unpaired) electrons. The first-order valence-corrected chi connectivity index (χ1v) is 10.6. The first-order chi connectivity index (χ1) is 13.2. The molecule has 0 saturated heterocycles. The molecular weight excluding hydrogens is 500 g/mol. The molecule has 4 aromatic rings. The molecule has 2 heterocycles. The van der Waals surface area contributed by atoms with Gasteiger partial charge in [-0.3, -0.25) is 0 Å². The molecule has 0 N–H and O–H groups in total. The molecule has 144 valence electrons. The fourth-order valence-corrected chi connectivity index (χ4v) is 4.77. The summed E-state index contributed by atoms with van der Waals surface area (Å²) in [6.07, 6.45) is 2.05. The first kappa shape index (κ1) is 20.9. The number of hydrogen-bond donors (Lipinski definition) is 0. The monoisotopic (exact) mass is 518 g/mol. The van der Waals surface area contributed by atoms with Crippen LogP contribution in [0.3, 0.4) is 0 Å². The molecule has 0 aliphatic carbocycles. The van der Waals surface area contributed by atoms with Crippen molar-refractivity contribution < 1.29 is 21.5 Å². The lowest BCUT2D eigenvalue weighted by Gasteiger charge is -2.08. The summed E-state index contributed by atoms with van der Waals surface area (Å²) in [6, 6.07) is 18.8. The second-order valence-corrected chi connectivity index (χ2v) is 8.52. The summed E-state index contributed by atoms with van der Waals surface area (Å²) in [6.45, 7) is 6.01. The van der Waals surface area contributed by atoms with Crippen LogP contribution in [0.1, 0.15) is 13.8 Å². The van der Waals surface area contributed by atoms with Crippen molar-refractivity contribution in [2.45, 2.75) is 26.9 Å². The molecule has 4 nitrogen and oxygen atoms in total. The highest BCUT2D eigenvalue weighted by Crippen LogP contribution is 2.41. The Morgan fingerprint density at radius 2 is 1.71 bits per heavy atom. The van der Waals surface area contributed by atoms with Crippen LogP contribution in [0.15, 0.2) is 74.8 Å². The van der Waals surface area contributed by atoms with Crippen LogP contribution in [0.4, 0.5) is 10.8 Å². The Hall–Kier alpha value is -1.83. The molecule has 0 atom stereocenters. The number of fused-ring (bicyclic) bond motifs is 1. The quantitative estimate of drug-likeness (QED) is 0.283. The van der Waals surface area contributed by atoms with Crippen molar-refractivity contribution in [2.24, 2.45) is 10.2 Å². The third-order valence-electron chi connectivity index (χ3n) is 4.58. The van der Waals surface area contributed by atoms with Gasteiger partial charge in [0.1, 0.15) is 15.7 Å². The fourth-order valence-electron chi connectivity index (χ4n) is 3.35. The van der Waals surface area contributed by atoms with Crippen molar-refractivity contribution in [3.63, 3.8) is 0 Å². The number of thiazole rings is 1. The summed E-state index contributed by atoms with van der Waals surface area (Å²) in [5, 5.41) is 11.4. The number of hydrogen-bond acceptors (Lipinski definition) is 3. The van der Waals surface area contributed by atoms with Crippen molar-refractivity contribution >= 4 is 49.0 Å². The Kier molecular flexibility index (Phi) is 6.80. The van der Waals surface area contributed by atoms with Crippen LogP contribution in [0, 0.1) is 0 Å². The number of rotatable bonds is 5. The minimum Gasteiger partial charge on any atom is -1.00 e. The Balaban J connectivity index is 0.00000225. The van der Waals surface area contributed by atoms with Gasteiger partial charge in [-0.2, -0.15) is 0 Å². The maximum absolute atomic E-state index is 4.74. The molecule has 0 bridgehead atoms. The number of halogens is 2. The molecule has 2 aromatic carbocycles. The van der Waals surface area contributed by atoms with Crippen molar-refractivity contribution in [1.82, 2.24) is 4.57 Å². The Morgan fingerprint density at radius 3 is 2.43 bits per heavy atom. The Labute approximate surface area is 187 Å². The zero-order valence-electron chi connectivity index (χ0n) is 15.6. The van der Waals surface area contributed by atoms with Gasteiger partial charge in [-0.05, 0) is 52.3 Å². The minimum atomic E-state index is 0. The van der Waals surface area contributed by atoms with Crippen LogP contribution in [-0.4, -0.2) is 4.57 Å². The van der Waals surface area contributed by atoms with Crippen molar-refractivity contribution in [2.75, 3.05) is 0 Å². The minimum absolute atomic E-state index is 0. The van der Waals surface area contributed by atoms with Gasteiger partial charge in [-0.15, -0.1) is 0 Å². The molecule has 28 heavy (non-hydrogen) atoms. The Bertz CT molecular complexity index is 1120. The van der Waals surface area contributed by atoms with Crippen molar-refractivity contribution in [3.05, 3.63) is 64.6 Å². The summed E-state index contributed by atoms with van der Waals surface area (Å²) >= 11 is 5.14. The number of nitrogens with zero attached hydrogens (tertiary/aromatic N) is 4. The van der Waals surface area contributed by atoms with Crippen LogP contribution in [0.5, 0.6) is 0 Å². The van der Waals surface area contributed by atoms with E-state index >= 15 is 0 Å². The molecule has 0 amide bonds. The molecule has 0 unspecified atom stereocenters. The number of azo groups is 1. The van der Waals surface area contributed by atoms with Gasteiger partial charge in [0, 0.05) is 17.5 Å². The molecule has 4 rings (SSSR count). The van der Waals surface area contributed by atoms with Crippen molar-refractivity contribution in [1.29, 1.82) is 0 Å². The number of benzene rings is 2. The van der Waals surface area contributed by atoms with E-state index in [2.05, 4.69) is 92.6 Å². The molecule has 0 saturated carbocycles. The van der Waals surface area contributed by atoms with Crippen molar-refractivity contribution in [3.8, 4) is 11.3 Å². The second-order valence-electron chi connectivity index (χ2n) is 6.13. The smallest absolute Gasteiger partial charge is 0.409 e. The molecule has 0 fully saturated rings. The predicted octanol–water partition coefficient (Wildman–Crippen LogP) is 3.88. The van der Waals surface area contributed by atoms with Gasteiger partial charge in [0.2, 0.25) is 0 Å². The van der Waals surface area contributed by atoms with E-state index in [-0.39, 0.29) is 17.0 Å². The highest BCUT2D eigenvalue weighted by molar-refractivity contribution is 9.11. The summed E-state index contributed by atoms with van der Waals surface area (Å²) in [7, 11) is 0. The molecule has 2 aromatic heterocycles. The Morgan fingerprint density at radius 1 is 1.00 bits per heavy atom. The van der Waals surface area contributed by atoms with E-state index in [0.717, 1.165) is 44.3 Å². The van der Waals surface area contributed by atoms with E-state index in [1.54, 1.807) is 11.3 Å². The maximum atomic E-state index is 4.74. The first-order valence-electron chi connectivity index (χ1n) is 9.00. The van der Waals surface area contributed by atoms with Gasteiger partial charge >= 0.3 is 5.13 Å². The second kappa shape index (κ2) is 9.11. The topological polar surface area (TPSA) is 33.5 Å².